The van der Waals surface area contributed by atoms with Crippen molar-refractivity contribution in [3.63, 3.8) is 0 Å². The highest BCUT2D eigenvalue weighted by Crippen LogP contribution is 2.43. The summed E-state index contributed by atoms with van der Waals surface area (Å²) in [5.41, 5.74) is 4.79. The second kappa shape index (κ2) is 9.23. The van der Waals surface area contributed by atoms with Crippen molar-refractivity contribution in [2.75, 3.05) is 25.1 Å². The molecule has 0 spiro atoms. The maximum Gasteiger partial charge on any atom is 0.123 e. The first-order valence-corrected chi connectivity index (χ1v) is 10.3. The summed E-state index contributed by atoms with van der Waals surface area (Å²) in [7, 11) is 1.66. The fraction of sp³-hybridized carbons (Fsp3) is 0.280. The molecule has 0 aliphatic carbocycles. The van der Waals surface area contributed by atoms with Gasteiger partial charge in [0.1, 0.15) is 11.5 Å². The number of nitrogens with zero attached hydrogens (tertiary/aromatic N) is 1. The molecule has 0 saturated carbocycles. The van der Waals surface area contributed by atoms with Gasteiger partial charge in [0.05, 0.1) is 7.11 Å². The Morgan fingerprint density at radius 2 is 1.66 bits per heavy atom. The van der Waals surface area contributed by atoms with Gasteiger partial charge in [0.2, 0.25) is 0 Å². The van der Waals surface area contributed by atoms with Crippen molar-refractivity contribution in [1.29, 1.82) is 0 Å². The minimum atomic E-state index is -0.199. The monoisotopic (exact) mass is 409 g/mol. The lowest BCUT2D eigenvalue weighted by Crippen LogP contribution is -2.21. The third kappa shape index (κ3) is 4.35. The van der Waals surface area contributed by atoms with Crippen molar-refractivity contribution in [3.05, 3.63) is 87.9 Å². The SMILES string of the molecule is CCN(CC)c1ccc(C(c2ccccc2)c2cc(Cl)c(C)cc2OC)c(O)c1. The molecule has 0 heterocycles. The van der Waals surface area contributed by atoms with Gasteiger partial charge in [-0.3, -0.25) is 0 Å². The lowest BCUT2D eigenvalue weighted by atomic mass is 9.83. The molecule has 0 saturated heterocycles. The van der Waals surface area contributed by atoms with Crippen molar-refractivity contribution < 1.29 is 9.84 Å². The summed E-state index contributed by atoms with van der Waals surface area (Å²) in [6.45, 7) is 7.96. The smallest absolute Gasteiger partial charge is 0.123 e. The molecule has 1 unspecified atom stereocenters. The highest BCUT2D eigenvalue weighted by Gasteiger charge is 2.24. The van der Waals surface area contributed by atoms with Crippen LogP contribution in [0.25, 0.3) is 0 Å². The number of phenolic OH excluding ortho intramolecular Hbond substituents is 1. The van der Waals surface area contributed by atoms with Crippen LogP contribution in [0.15, 0.2) is 60.7 Å². The van der Waals surface area contributed by atoms with E-state index >= 15 is 0 Å². The summed E-state index contributed by atoms with van der Waals surface area (Å²) in [4.78, 5) is 2.21. The average molecular weight is 410 g/mol. The zero-order chi connectivity index (χ0) is 21.0. The molecule has 4 heteroatoms. The summed E-state index contributed by atoms with van der Waals surface area (Å²) < 4.78 is 5.69. The van der Waals surface area contributed by atoms with Crippen molar-refractivity contribution >= 4 is 17.3 Å². The van der Waals surface area contributed by atoms with Crippen molar-refractivity contribution in [3.8, 4) is 11.5 Å². The van der Waals surface area contributed by atoms with Gasteiger partial charge in [0.15, 0.2) is 0 Å². The lowest BCUT2D eigenvalue weighted by molar-refractivity contribution is 0.408. The van der Waals surface area contributed by atoms with E-state index in [0.717, 1.165) is 46.8 Å². The molecule has 0 aliphatic rings. The van der Waals surface area contributed by atoms with Crippen LogP contribution in [0, 0.1) is 6.92 Å². The molecule has 0 radical (unpaired) electrons. The van der Waals surface area contributed by atoms with E-state index in [1.165, 1.54) is 0 Å². The normalized spacial score (nSPS) is 11.9. The summed E-state index contributed by atoms with van der Waals surface area (Å²) in [5, 5.41) is 11.7. The third-order valence-electron chi connectivity index (χ3n) is 5.41. The van der Waals surface area contributed by atoms with Crippen LogP contribution in [0.4, 0.5) is 5.69 Å². The number of rotatable bonds is 7. The average Bonchev–Trinajstić information content (AvgIpc) is 2.73. The van der Waals surface area contributed by atoms with Gasteiger partial charge in [-0.2, -0.15) is 0 Å². The quantitative estimate of drug-likeness (QED) is 0.459. The Balaban J connectivity index is 2.20. The first kappa shape index (κ1) is 21.1. The van der Waals surface area contributed by atoms with E-state index in [1.54, 1.807) is 7.11 Å². The van der Waals surface area contributed by atoms with Gasteiger partial charge in [-0.25, -0.2) is 0 Å². The summed E-state index contributed by atoms with van der Waals surface area (Å²) >= 11 is 6.48. The first-order chi connectivity index (χ1) is 14.0. The Labute approximate surface area is 178 Å². The largest absolute Gasteiger partial charge is 0.508 e. The molecule has 3 rings (SSSR count). The summed E-state index contributed by atoms with van der Waals surface area (Å²) in [5.74, 6) is 0.824. The van der Waals surface area contributed by atoms with Gasteiger partial charge in [-0.15, -0.1) is 0 Å². The van der Waals surface area contributed by atoms with Gasteiger partial charge in [-0.1, -0.05) is 48.0 Å². The number of anilines is 1. The lowest BCUT2D eigenvalue weighted by Gasteiger charge is -2.25. The standard InChI is InChI=1S/C25H28ClNO2/c1-5-27(6-2)19-12-13-20(23(28)15-19)25(18-10-8-7-9-11-18)21-16-22(26)17(3)14-24(21)29-4/h7-16,25,28H,5-6H2,1-4H3. The van der Waals surface area contributed by atoms with Gasteiger partial charge in [-0.05, 0) is 50.1 Å². The number of halogens is 1. The number of ether oxygens (including phenoxy) is 1. The van der Waals surface area contributed by atoms with E-state index in [4.69, 9.17) is 16.3 Å². The predicted octanol–water partition coefficient (Wildman–Crippen LogP) is 6.39. The van der Waals surface area contributed by atoms with E-state index in [-0.39, 0.29) is 11.7 Å². The van der Waals surface area contributed by atoms with Crippen LogP contribution in [0.3, 0.4) is 0 Å². The van der Waals surface area contributed by atoms with E-state index in [9.17, 15) is 5.11 Å². The van der Waals surface area contributed by atoms with Crippen LogP contribution in [-0.2, 0) is 0 Å². The Kier molecular flexibility index (Phi) is 6.71. The van der Waals surface area contributed by atoms with Gasteiger partial charge in [0.25, 0.3) is 0 Å². The number of hydrogen-bond acceptors (Lipinski definition) is 3. The number of methoxy groups -OCH3 is 1. The van der Waals surface area contributed by atoms with Crippen LogP contribution >= 0.6 is 11.6 Å². The first-order valence-electron chi connectivity index (χ1n) is 9.96. The van der Waals surface area contributed by atoms with Gasteiger partial charge < -0.3 is 14.7 Å². The zero-order valence-electron chi connectivity index (χ0n) is 17.4. The minimum absolute atomic E-state index is 0.199. The van der Waals surface area contributed by atoms with Crippen LogP contribution < -0.4 is 9.64 Å². The molecule has 0 aromatic heterocycles. The second-order valence-electron chi connectivity index (χ2n) is 7.10. The second-order valence-corrected chi connectivity index (χ2v) is 7.51. The number of aromatic hydroxyl groups is 1. The molecule has 152 valence electrons. The van der Waals surface area contributed by atoms with Crippen LogP contribution in [0.5, 0.6) is 11.5 Å². The molecule has 29 heavy (non-hydrogen) atoms. The fourth-order valence-electron chi connectivity index (χ4n) is 3.81. The highest BCUT2D eigenvalue weighted by atomic mass is 35.5. The van der Waals surface area contributed by atoms with Crippen LogP contribution in [0.1, 0.15) is 42.0 Å². The molecule has 0 aliphatic heterocycles. The molecule has 1 atom stereocenters. The molecule has 3 nitrogen and oxygen atoms in total. The molecule has 0 bridgehead atoms. The number of hydrogen-bond donors (Lipinski definition) is 1. The molecule has 0 fully saturated rings. The number of benzene rings is 3. The maximum absolute atomic E-state index is 11.0. The van der Waals surface area contributed by atoms with E-state index in [2.05, 4.69) is 36.9 Å². The van der Waals surface area contributed by atoms with E-state index in [1.807, 2.05) is 49.4 Å². The molecule has 3 aromatic carbocycles. The van der Waals surface area contributed by atoms with E-state index in [0.29, 0.717) is 5.02 Å². The fourth-order valence-corrected chi connectivity index (χ4v) is 3.98. The van der Waals surface area contributed by atoms with Crippen LogP contribution in [0.2, 0.25) is 5.02 Å². The van der Waals surface area contributed by atoms with Gasteiger partial charge >= 0.3 is 0 Å². The number of aryl methyl sites for hydroxylation is 1. The van der Waals surface area contributed by atoms with E-state index < -0.39 is 0 Å². The molecule has 1 N–H and O–H groups in total. The van der Waals surface area contributed by atoms with Crippen molar-refractivity contribution in [2.45, 2.75) is 26.7 Å². The van der Waals surface area contributed by atoms with Gasteiger partial charge in [0, 0.05) is 46.9 Å². The molecule has 0 amide bonds. The highest BCUT2D eigenvalue weighted by molar-refractivity contribution is 6.31. The Morgan fingerprint density at radius 1 is 0.966 bits per heavy atom. The van der Waals surface area contributed by atoms with Crippen molar-refractivity contribution in [2.24, 2.45) is 0 Å². The maximum atomic E-state index is 11.0. The Bertz CT molecular complexity index is 968. The topological polar surface area (TPSA) is 32.7 Å². The minimum Gasteiger partial charge on any atom is -0.508 e. The Morgan fingerprint density at radius 3 is 2.24 bits per heavy atom. The third-order valence-corrected chi connectivity index (χ3v) is 5.82. The Hall–Kier alpha value is -2.65. The zero-order valence-corrected chi connectivity index (χ0v) is 18.2. The molecular weight excluding hydrogens is 382 g/mol. The summed E-state index contributed by atoms with van der Waals surface area (Å²) in [6, 6.07) is 20.0. The molecule has 3 aromatic rings. The van der Waals surface area contributed by atoms with Crippen LogP contribution in [-0.4, -0.2) is 25.3 Å². The number of phenols is 1. The predicted molar refractivity (Wildman–Crippen MR) is 122 cm³/mol. The summed E-state index contributed by atoms with van der Waals surface area (Å²) in [6.07, 6.45) is 0. The molecular formula is C25H28ClNO2. The van der Waals surface area contributed by atoms with Crippen molar-refractivity contribution in [1.82, 2.24) is 0 Å².